The standard InChI is InChI=1S/C16H18F3N3OS/c1-3-20-10(2)8-21-14(23)13-9-24-15(22-13)11-5-4-6-12(7-11)16(17,18)19/h4-7,9-10,20H,3,8H2,1-2H3,(H,21,23)/t10-/m1/s1. The Morgan fingerprint density at radius 3 is 2.79 bits per heavy atom. The van der Waals surface area contributed by atoms with E-state index in [9.17, 15) is 18.0 Å². The van der Waals surface area contributed by atoms with Gasteiger partial charge in [0.25, 0.3) is 5.91 Å². The van der Waals surface area contributed by atoms with Gasteiger partial charge in [-0.05, 0) is 25.6 Å². The van der Waals surface area contributed by atoms with E-state index in [1.165, 1.54) is 6.07 Å². The third kappa shape index (κ3) is 4.78. The van der Waals surface area contributed by atoms with Crippen LogP contribution in [0.3, 0.4) is 0 Å². The van der Waals surface area contributed by atoms with Crippen molar-refractivity contribution in [3.63, 3.8) is 0 Å². The molecule has 1 aromatic heterocycles. The molecule has 0 spiro atoms. The average molecular weight is 357 g/mol. The van der Waals surface area contributed by atoms with Gasteiger partial charge < -0.3 is 10.6 Å². The number of nitrogens with one attached hydrogen (secondary N) is 2. The Morgan fingerprint density at radius 2 is 2.12 bits per heavy atom. The number of aromatic nitrogens is 1. The first-order valence-corrected chi connectivity index (χ1v) is 8.34. The lowest BCUT2D eigenvalue weighted by molar-refractivity contribution is -0.137. The molecule has 0 unspecified atom stereocenters. The van der Waals surface area contributed by atoms with E-state index >= 15 is 0 Å². The Labute approximate surface area is 142 Å². The predicted octanol–water partition coefficient (Wildman–Crippen LogP) is 3.56. The van der Waals surface area contributed by atoms with Crippen LogP contribution in [0, 0.1) is 0 Å². The van der Waals surface area contributed by atoms with Crippen molar-refractivity contribution in [1.29, 1.82) is 0 Å². The van der Waals surface area contributed by atoms with Gasteiger partial charge in [0, 0.05) is 23.5 Å². The highest BCUT2D eigenvalue weighted by atomic mass is 32.1. The molecule has 0 fully saturated rings. The van der Waals surface area contributed by atoms with Gasteiger partial charge in [-0.2, -0.15) is 13.2 Å². The van der Waals surface area contributed by atoms with Gasteiger partial charge in [0.15, 0.2) is 0 Å². The number of rotatable bonds is 6. The first-order valence-electron chi connectivity index (χ1n) is 7.46. The van der Waals surface area contributed by atoms with Gasteiger partial charge in [-0.15, -0.1) is 11.3 Å². The normalized spacial score (nSPS) is 12.9. The van der Waals surface area contributed by atoms with Crippen LogP contribution in [0.1, 0.15) is 29.9 Å². The van der Waals surface area contributed by atoms with Crippen molar-refractivity contribution >= 4 is 17.2 Å². The van der Waals surface area contributed by atoms with Crippen molar-refractivity contribution in [2.45, 2.75) is 26.1 Å². The fraction of sp³-hybridized carbons (Fsp3) is 0.375. The molecule has 0 saturated heterocycles. The van der Waals surface area contributed by atoms with E-state index in [1.807, 2.05) is 13.8 Å². The minimum atomic E-state index is -4.41. The number of carbonyl (C=O) groups excluding carboxylic acids is 1. The lowest BCUT2D eigenvalue weighted by Crippen LogP contribution is -2.38. The van der Waals surface area contributed by atoms with Gasteiger partial charge in [0.05, 0.1) is 5.56 Å². The zero-order valence-electron chi connectivity index (χ0n) is 13.3. The SMILES string of the molecule is CCN[C@H](C)CNC(=O)c1csc(-c2cccc(C(F)(F)F)c2)n1. The van der Waals surface area contributed by atoms with Gasteiger partial charge in [0.1, 0.15) is 10.7 Å². The molecule has 1 aromatic carbocycles. The van der Waals surface area contributed by atoms with E-state index in [-0.39, 0.29) is 17.6 Å². The van der Waals surface area contributed by atoms with Crippen LogP contribution in [-0.2, 0) is 6.18 Å². The molecule has 0 bridgehead atoms. The first kappa shape index (κ1) is 18.4. The van der Waals surface area contributed by atoms with E-state index in [1.54, 1.807) is 11.4 Å². The minimum absolute atomic E-state index is 0.125. The second kappa shape index (κ2) is 7.76. The van der Waals surface area contributed by atoms with E-state index in [2.05, 4.69) is 15.6 Å². The van der Waals surface area contributed by atoms with Crippen LogP contribution in [0.2, 0.25) is 0 Å². The molecule has 0 radical (unpaired) electrons. The predicted molar refractivity (Wildman–Crippen MR) is 88.0 cm³/mol. The summed E-state index contributed by atoms with van der Waals surface area (Å²) < 4.78 is 38.3. The van der Waals surface area contributed by atoms with Crippen molar-refractivity contribution in [2.75, 3.05) is 13.1 Å². The number of amides is 1. The quantitative estimate of drug-likeness (QED) is 0.831. The van der Waals surface area contributed by atoms with Crippen LogP contribution in [0.15, 0.2) is 29.6 Å². The molecule has 24 heavy (non-hydrogen) atoms. The zero-order chi connectivity index (χ0) is 17.7. The molecule has 0 aliphatic carbocycles. The largest absolute Gasteiger partial charge is 0.416 e. The smallest absolute Gasteiger partial charge is 0.349 e. The van der Waals surface area contributed by atoms with Gasteiger partial charge in [0.2, 0.25) is 0 Å². The highest BCUT2D eigenvalue weighted by Crippen LogP contribution is 2.33. The Kier molecular flexibility index (Phi) is 5.95. The van der Waals surface area contributed by atoms with Crippen LogP contribution in [-0.4, -0.2) is 30.0 Å². The molecule has 2 rings (SSSR count). The van der Waals surface area contributed by atoms with Crippen molar-refractivity contribution in [3.05, 3.63) is 40.9 Å². The van der Waals surface area contributed by atoms with Crippen LogP contribution in [0.4, 0.5) is 13.2 Å². The molecular formula is C16H18F3N3OS. The second-order valence-electron chi connectivity index (χ2n) is 5.29. The summed E-state index contributed by atoms with van der Waals surface area (Å²) in [4.78, 5) is 16.2. The lowest BCUT2D eigenvalue weighted by atomic mass is 10.1. The highest BCUT2D eigenvalue weighted by Gasteiger charge is 2.30. The maximum atomic E-state index is 12.8. The summed E-state index contributed by atoms with van der Waals surface area (Å²) in [5.41, 5.74) is -0.188. The van der Waals surface area contributed by atoms with Crippen LogP contribution < -0.4 is 10.6 Å². The molecule has 0 aliphatic heterocycles. The highest BCUT2D eigenvalue weighted by molar-refractivity contribution is 7.13. The molecule has 4 nitrogen and oxygen atoms in total. The maximum absolute atomic E-state index is 12.8. The number of hydrogen-bond acceptors (Lipinski definition) is 4. The Morgan fingerprint density at radius 1 is 1.38 bits per heavy atom. The summed E-state index contributed by atoms with van der Waals surface area (Å²) in [7, 11) is 0. The van der Waals surface area contributed by atoms with Gasteiger partial charge in [-0.1, -0.05) is 19.1 Å². The molecule has 0 saturated carbocycles. The molecule has 2 aromatic rings. The summed E-state index contributed by atoms with van der Waals surface area (Å²) in [6, 6.07) is 5.04. The van der Waals surface area contributed by atoms with E-state index in [0.29, 0.717) is 17.1 Å². The summed E-state index contributed by atoms with van der Waals surface area (Å²) in [5, 5.41) is 7.84. The van der Waals surface area contributed by atoms with Crippen molar-refractivity contribution in [3.8, 4) is 10.6 Å². The molecule has 1 atom stereocenters. The Hall–Kier alpha value is -1.93. The summed E-state index contributed by atoms with van der Waals surface area (Å²) in [6.45, 7) is 5.16. The minimum Gasteiger partial charge on any atom is -0.349 e. The molecule has 2 N–H and O–H groups in total. The van der Waals surface area contributed by atoms with Gasteiger partial charge in [-0.25, -0.2) is 4.98 Å². The van der Waals surface area contributed by atoms with E-state index < -0.39 is 11.7 Å². The van der Waals surface area contributed by atoms with Crippen molar-refractivity contribution in [1.82, 2.24) is 15.6 Å². The fourth-order valence-electron chi connectivity index (χ4n) is 2.10. The number of alkyl halides is 3. The third-order valence-corrected chi connectivity index (χ3v) is 4.19. The first-order chi connectivity index (χ1) is 11.3. The van der Waals surface area contributed by atoms with E-state index in [4.69, 9.17) is 0 Å². The molecule has 1 heterocycles. The maximum Gasteiger partial charge on any atom is 0.416 e. The number of nitrogens with zero attached hydrogens (tertiary/aromatic N) is 1. The summed E-state index contributed by atoms with van der Waals surface area (Å²) in [6.07, 6.45) is -4.41. The van der Waals surface area contributed by atoms with E-state index in [0.717, 1.165) is 30.0 Å². The van der Waals surface area contributed by atoms with Crippen LogP contribution in [0.25, 0.3) is 10.6 Å². The molecular weight excluding hydrogens is 339 g/mol. The van der Waals surface area contributed by atoms with Crippen LogP contribution in [0.5, 0.6) is 0 Å². The number of thiazole rings is 1. The Bertz CT molecular complexity index is 700. The topological polar surface area (TPSA) is 54.0 Å². The molecule has 8 heteroatoms. The zero-order valence-corrected chi connectivity index (χ0v) is 14.1. The van der Waals surface area contributed by atoms with Crippen LogP contribution >= 0.6 is 11.3 Å². The van der Waals surface area contributed by atoms with Crippen molar-refractivity contribution in [2.24, 2.45) is 0 Å². The summed E-state index contributed by atoms with van der Waals surface area (Å²) in [5.74, 6) is -0.339. The van der Waals surface area contributed by atoms with Gasteiger partial charge in [-0.3, -0.25) is 4.79 Å². The average Bonchev–Trinajstić information content (AvgIpc) is 3.02. The number of halogens is 3. The Balaban J connectivity index is 2.09. The number of likely N-dealkylation sites (N-methyl/N-ethyl adjacent to an activating group) is 1. The lowest BCUT2D eigenvalue weighted by Gasteiger charge is -2.12. The summed E-state index contributed by atoms with van der Waals surface area (Å²) >= 11 is 1.14. The molecule has 130 valence electrons. The number of hydrogen-bond donors (Lipinski definition) is 2. The number of benzene rings is 1. The fourth-order valence-corrected chi connectivity index (χ4v) is 2.89. The number of carbonyl (C=O) groups is 1. The monoisotopic (exact) mass is 357 g/mol. The molecule has 1 amide bonds. The second-order valence-corrected chi connectivity index (χ2v) is 6.14. The van der Waals surface area contributed by atoms with Crippen molar-refractivity contribution < 1.29 is 18.0 Å². The van der Waals surface area contributed by atoms with Gasteiger partial charge >= 0.3 is 6.18 Å². The third-order valence-electron chi connectivity index (χ3n) is 3.30. The molecule has 0 aliphatic rings.